The van der Waals surface area contributed by atoms with Gasteiger partial charge in [-0.3, -0.25) is 4.79 Å². The summed E-state index contributed by atoms with van der Waals surface area (Å²) in [5, 5.41) is 0.858. The summed E-state index contributed by atoms with van der Waals surface area (Å²) in [7, 11) is 3.27. The number of carbonyl (C=O) groups is 1. The van der Waals surface area contributed by atoms with Gasteiger partial charge in [-0.05, 0) is 25.0 Å². The molecule has 0 radical (unpaired) electrons. The number of fused-ring (bicyclic) bond motifs is 3. The number of benzene rings is 1. The van der Waals surface area contributed by atoms with Crippen molar-refractivity contribution < 1.29 is 23.4 Å². The van der Waals surface area contributed by atoms with Crippen LogP contribution in [-0.4, -0.2) is 56.4 Å². The predicted octanol–water partition coefficient (Wildman–Crippen LogP) is 2.46. The molecule has 6 heteroatoms. The molecule has 1 saturated carbocycles. The lowest BCUT2D eigenvalue weighted by Gasteiger charge is -2.29. The van der Waals surface area contributed by atoms with Crippen molar-refractivity contribution in [2.45, 2.75) is 31.1 Å². The van der Waals surface area contributed by atoms with Crippen LogP contribution in [0.3, 0.4) is 0 Å². The van der Waals surface area contributed by atoms with E-state index >= 15 is 0 Å². The van der Waals surface area contributed by atoms with Gasteiger partial charge in [-0.15, -0.1) is 0 Å². The van der Waals surface area contributed by atoms with E-state index in [1.807, 2.05) is 23.1 Å². The van der Waals surface area contributed by atoms with Gasteiger partial charge in [0.25, 0.3) is 5.91 Å². The Labute approximate surface area is 140 Å². The van der Waals surface area contributed by atoms with Crippen LogP contribution in [0, 0.1) is 0 Å². The SMILES string of the molecule is COc1cccc2cc(C(=O)N3CCO[C@H]4CC[C@H]3[C@H]4OC)oc12. The van der Waals surface area contributed by atoms with E-state index < -0.39 is 0 Å². The van der Waals surface area contributed by atoms with Crippen LogP contribution in [0.2, 0.25) is 0 Å². The van der Waals surface area contributed by atoms with Crippen molar-refractivity contribution in [2.75, 3.05) is 27.4 Å². The highest BCUT2D eigenvalue weighted by atomic mass is 16.5. The van der Waals surface area contributed by atoms with Crippen molar-refractivity contribution in [1.29, 1.82) is 0 Å². The zero-order valence-corrected chi connectivity index (χ0v) is 13.9. The van der Waals surface area contributed by atoms with Gasteiger partial charge in [0.05, 0.1) is 25.9 Å². The Balaban J connectivity index is 1.67. The second kappa shape index (κ2) is 6.11. The standard InChI is InChI=1S/C18H21NO5/c1-21-13-5-3-4-11-10-15(24-16(11)13)18(20)19-8-9-23-14-7-6-12(19)17(14)22-2/h3-5,10,12,14,17H,6-9H2,1-2H3/t12-,14-,17+/m0/s1. The number of hydrogen-bond donors (Lipinski definition) is 0. The lowest BCUT2D eigenvalue weighted by Crippen LogP contribution is -2.46. The monoisotopic (exact) mass is 331 g/mol. The maximum Gasteiger partial charge on any atom is 0.290 e. The number of methoxy groups -OCH3 is 2. The minimum Gasteiger partial charge on any atom is -0.493 e. The molecule has 1 aromatic carbocycles. The van der Waals surface area contributed by atoms with Crippen molar-refractivity contribution >= 4 is 16.9 Å². The van der Waals surface area contributed by atoms with E-state index in [1.54, 1.807) is 20.3 Å². The molecule has 1 aliphatic heterocycles. The molecule has 24 heavy (non-hydrogen) atoms. The first-order chi connectivity index (χ1) is 11.7. The molecule has 4 rings (SSSR count). The summed E-state index contributed by atoms with van der Waals surface area (Å²) < 4.78 is 22.6. The average molecular weight is 331 g/mol. The Hall–Kier alpha value is -2.05. The van der Waals surface area contributed by atoms with Gasteiger partial charge in [0, 0.05) is 19.0 Å². The van der Waals surface area contributed by atoms with Crippen LogP contribution in [0.1, 0.15) is 23.4 Å². The molecule has 2 aliphatic rings. The van der Waals surface area contributed by atoms with Gasteiger partial charge in [0.1, 0.15) is 6.10 Å². The molecule has 2 heterocycles. The number of rotatable bonds is 3. The lowest BCUT2D eigenvalue weighted by atomic mass is 10.1. The van der Waals surface area contributed by atoms with E-state index in [2.05, 4.69) is 0 Å². The third-order valence-electron chi connectivity index (χ3n) is 5.03. The Bertz CT molecular complexity index is 755. The molecule has 1 aromatic heterocycles. The van der Waals surface area contributed by atoms with Gasteiger partial charge in [-0.25, -0.2) is 0 Å². The zero-order valence-electron chi connectivity index (χ0n) is 13.9. The van der Waals surface area contributed by atoms with E-state index in [4.69, 9.17) is 18.6 Å². The summed E-state index contributed by atoms with van der Waals surface area (Å²) in [5.41, 5.74) is 0.599. The average Bonchev–Trinajstić information content (AvgIpc) is 3.14. The Morgan fingerprint density at radius 1 is 1.29 bits per heavy atom. The van der Waals surface area contributed by atoms with Crippen molar-refractivity contribution in [3.05, 3.63) is 30.0 Å². The molecule has 2 bridgehead atoms. The summed E-state index contributed by atoms with van der Waals surface area (Å²) in [5.74, 6) is 0.836. The highest BCUT2D eigenvalue weighted by molar-refractivity contribution is 5.97. The number of ether oxygens (including phenoxy) is 3. The van der Waals surface area contributed by atoms with Gasteiger partial charge in [-0.2, -0.15) is 0 Å². The first-order valence-electron chi connectivity index (χ1n) is 8.25. The molecule has 128 valence electrons. The normalized spacial score (nSPS) is 26.6. The van der Waals surface area contributed by atoms with Crippen LogP contribution in [0.25, 0.3) is 11.0 Å². The fraction of sp³-hybridized carbons (Fsp3) is 0.500. The first-order valence-corrected chi connectivity index (χ1v) is 8.25. The topological polar surface area (TPSA) is 61.1 Å². The largest absolute Gasteiger partial charge is 0.493 e. The molecule has 1 amide bonds. The molecular formula is C18H21NO5. The highest BCUT2D eigenvalue weighted by Crippen LogP contribution is 2.34. The summed E-state index contributed by atoms with van der Waals surface area (Å²) >= 11 is 0. The maximum absolute atomic E-state index is 13.1. The van der Waals surface area contributed by atoms with Gasteiger partial charge >= 0.3 is 0 Å². The van der Waals surface area contributed by atoms with Crippen LogP contribution >= 0.6 is 0 Å². The maximum atomic E-state index is 13.1. The zero-order chi connectivity index (χ0) is 16.7. The second-order valence-corrected chi connectivity index (χ2v) is 6.24. The van der Waals surface area contributed by atoms with Crippen LogP contribution in [-0.2, 0) is 9.47 Å². The fourth-order valence-corrected chi connectivity index (χ4v) is 3.90. The van der Waals surface area contributed by atoms with Crippen molar-refractivity contribution in [2.24, 2.45) is 0 Å². The molecule has 0 N–H and O–H groups in total. The highest BCUT2D eigenvalue weighted by Gasteiger charge is 2.44. The van der Waals surface area contributed by atoms with Crippen LogP contribution in [0.15, 0.2) is 28.7 Å². The second-order valence-electron chi connectivity index (χ2n) is 6.24. The third-order valence-corrected chi connectivity index (χ3v) is 5.03. The number of nitrogens with zero attached hydrogens (tertiary/aromatic N) is 1. The molecule has 6 nitrogen and oxygen atoms in total. The molecule has 1 aliphatic carbocycles. The van der Waals surface area contributed by atoms with E-state index in [1.165, 1.54) is 0 Å². The van der Waals surface area contributed by atoms with E-state index in [9.17, 15) is 4.79 Å². The van der Waals surface area contributed by atoms with Crippen molar-refractivity contribution in [1.82, 2.24) is 4.90 Å². The molecule has 0 unspecified atom stereocenters. The van der Waals surface area contributed by atoms with E-state index in [-0.39, 0.29) is 24.2 Å². The molecule has 2 fully saturated rings. The van der Waals surface area contributed by atoms with Gasteiger partial charge in [0.15, 0.2) is 17.1 Å². The van der Waals surface area contributed by atoms with Gasteiger partial charge in [0.2, 0.25) is 0 Å². The van der Waals surface area contributed by atoms with Gasteiger partial charge < -0.3 is 23.5 Å². The molecule has 3 atom stereocenters. The quantitative estimate of drug-likeness (QED) is 0.864. The lowest BCUT2D eigenvalue weighted by molar-refractivity contribution is -0.0317. The van der Waals surface area contributed by atoms with Crippen LogP contribution in [0.5, 0.6) is 5.75 Å². The van der Waals surface area contributed by atoms with Crippen LogP contribution < -0.4 is 4.74 Å². The summed E-state index contributed by atoms with van der Waals surface area (Å²) in [6.45, 7) is 1.07. The molecular weight excluding hydrogens is 310 g/mol. The first kappa shape index (κ1) is 15.5. The molecule has 1 saturated heterocycles. The van der Waals surface area contributed by atoms with E-state index in [0.717, 1.165) is 18.2 Å². The minimum atomic E-state index is -0.119. The molecule has 0 spiro atoms. The smallest absolute Gasteiger partial charge is 0.290 e. The number of furan rings is 1. The van der Waals surface area contributed by atoms with Crippen LogP contribution in [0.4, 0.5) is 0 Å². The molecule has 2 aromatic rings. The Kier molecular flexibility index (Phi) is 3.94. The number of para-hydroxylation sites is 1. The minimum absolute atomic E-state index is 0.0325. The fourth-order valence-electron chi connectivity index (χ4n) is 3.90. The van der Waals surface area contributed by atoms with Crippen molar-refractivity contribution in [3.63, 3.8) is 0 Å². The summed E-state index contributed by atoms with van der Waals surface area (Å²) in [6.07, 6.45) is 1.81. The Morgan fingerprint density at radius 3 is 2.96 bits per heavy atom. The third kappa shape index (κ3) is 2.37. The number of amides is 1. The van der Waals surface area contributed by atoms with Gasteiger partial charge in [-0.1, -0.05) is 12.1 Å². The predicted molar refractivity (Wildman–Crippen MR) is 87.4 cm³/mol. The number of carbonyl (C=O) groups excluding carboxylic acids is 1. The summed E-state index contributed by atoms with van der Waals surface area (Å²) in [6, 6.07) is 7.42. The van der Waals surface area contributed by atoms with E-state index in [0.29, 0.717) is 30.2 Å². The van der Waals surface area contributed by atoms with Crippen molar-refractivity contribution in [3.8, 4) is 5.75 Å². The summed E-state index contributed by atoms with van der Waals surface area (Å²) in [4.78, 5) is 14.9. The Morgan fingerprint density at radius 2 is 2.17 bits per heavy atom. The number of hydrogen-bond acceptors (Lipinski definition) is 5.